The minimum absolute atomic E-state index is 0.700. The summed E-state index contributed by atoms with van der Waals surface area (Å²) in [6.45, 7) is 0. The van der Waals surface area contributed by atoms with Gasteiger partial charge in [0.25, 0.3) is 0 Å². The van der Waals surface area contributed by atoms with Gasteiger partial charge in [-0.3, -0.25) is 0 Å². The fraction of sp³-hybridized carbons (Fsp3) is 0.143. The zero-order chi connectivity index (χ0) is 11.9. The smallest absolute Gasteiger partial charge is 0.225 e. The third-order valence-electron chi connectivity index (χ3n) is 1.57. The van der Waals surface area contributed by atoms with E-state index in [1.54, 1.807) is 0 Å². The Balaban J connectivity index is 3.63. The lowest BCUT2D eigenvalue weighted by molar-refractivity contribution is -0.139. The Morgan fingerprint density at radius 3 is 2.13 bits per heavy atom. The van der Waals surface area contributed by atoms with Crippen molar-refractivity contribution < 1.29 is 21.6 Å². The maximum absolute atomic E-state index is 12.4. The van der Waals surface area contributed by atoms with Crippen molar-refractivity contribution in [3.05, 3.63) is 28.8 Å². The monoisotopic (exact) mass is 259 g/mol. The van der Waals surface area contributed by atoms with Crippen molar-refractivity contribution in [2.75, 3.05) is 0 Å². The van der Waals surface area contributed by atoms with Crippen LogP contribution in [0.15, 0.2) is 23.1 Å². The minimum atomic E-state index is -4.86. The van der Waals surface area contributed by atoms with Crippen LogP contribution in [0.5, 0.6) is 0 Å². The van der Waals surface area contributed by atoms with E-state index in [2.05, 4.69) is 5.14 Å². The highest BCUT2D eigenvalue weighted by Crippen LogP contribution is 2.38. The molecule has 0 bridgehead atoms. The van der Waals surface area contributed by atoms with Gasteiger partial charge in [0.15, 0.2) is 0 Å². The van der Waals surface area contributed by atoms with Gasteiger partial charge < -0.3 is 0 Å². The molecule has 3 nitrogen and oxygen atoms in total. The lowest BCUT2D eigenvalue weighted by atomic mass is 10.2. The van der Waals surface area contributed by atoms with Gasteiger partial charge in [-0.25, -0.2) is 13.6 Å². The van der Waals surface area contributed by atoms with Crippen LogP contribution in [0.1, 0.15) is 5.56 Å². The number of nitrogens with two attached hydrogens (primary N) is 1. The highest BCUT2D eigenvalue weighted by atomic mass is 35.5. The van der Waals surface area contributed by atoms with Crippen molar-refractivity contribution in [2.45, 2.75) is 11.1 Å². The molecule has 1 aromatic rings. The Bertz CT molecular complexity index is 483. The zero-order valence-electron chi connectivity index (χ0n) is 7.05. The average molecular weight is 260 g/mol. The molecule has 0 aliphatic rings. The second kappa shape index (κ2) is 3.66. The fourth-order valence-electron chi connectivity index (χ4n) is 1.02. The first-order valence-corrected chi connectivity index (χ1v) is 5.45. The molecule has 0 fully saturated rings. The number of hydrogen-bond donors (Lipinski definition) is 1. The van der Waals surface area contributed by atoms with E-state index in [9.17, 15) is 21.6 Å². The van der Waals surface area contributed by atoms with Gasteiger partial charge in [-0.2, -0.15) is 13.2 Å². The summed E-state index contributed by atoms with van der Waals surface area (Å²) in [5.41, 5.74) is -1.44. The Hall–Kier alpha value is -0.790. The van der Waals surface area contributed by atoms with Crippen molar-refractivity contribution in [1.29, 1.82) is 0 Å². The van der Waals surface area contributed by atoms with Gasteiger partial charge in [-0.15, -0.1) is 0 Å². The summed E-state index contributed by atoms with van der Waals surface area (Å²) in [5.74, 6) is 0. The Kier molecular flexibility index (Phi) is 2.99. The molecule has 0 heterocycles. The number of alkyl halides is 3. The molecule has 2 N–H and O–H groups in total. The maximum atomic E-state index is 12.4. The van der Waals surface area contributed by atoms with Gasteiger partial charge >= 0.3 is 6.18 Å². The van der Waals surface area contributed by atoms with E-state index in [1.807, 2.05) is 0 Å². The zero-order valence-corrected chi connectivity index (χ0v) is 8.62. The van der Waals surface area contributed by atoms with Gasteiger partial charge in [0.1, 0.15) is 0 Å². The van der Waals surface area contributed by atoms with Crippen LogP contribution in [-0.4, -0.2) is 8.42 Å². The van der Waals surface area contributed by atoms with Crippen LogP contribution in [0.2, 0.25) is 5.02 Å². The topological polar surface area (TPSA) is 60.2 Å². The average Bonchev–Trinajstić information content (AvgIpc) is 1.99. The largest absolute Gasteiger partial charge is 0.419 e. The van der Waals surface area contributed by atoms with Crippen LogP contribution in [0, 0.1) is 0 Å². The highest BCUT2D eigenvalue weighted by Gasteiger charge is 2.38. The molecule has 0 aromatic heterocycles. The van der Waals surface area contributed by atoms with Crippen LogP contribution in [-0.2, 0) is 16.2 Å². The molecule has 1 aromatic carbocycles. The van der Waals surface area contributed by atoms with Crippen LogP contribution in [0.4, 0.5) is 13.2 Å². The number of sulfonamides is 1. The summed E-state index contributed by atoms with van der Waals surface area (Å²) in [7, 11) is -4.44. The quantitative estimate of drug-likeness (QED) is 0.839. The molecule has 0 saturated heterocycles. The Morgan fingerprint density at radius 2 is 1.80 bits per heavy atom. The maximum Gasteiger partial charge on any atom is 0.419 e. The predicted molar refractivity (Wildman–Crippen MR) is 47.8 cm³/mol. The van der Waals surface area contributed by atoms with E-state index in [1.165, 1.54) is 0 Å². The first kappa shape index (κ1) is 12.3. The van der Waals surface area contributed by atoms with Gasteiger partial charge in [0, 0.05) is 0 Å². The van der Waals surface area contributed by atoms with Crippen molar-refractivity contribution in [2.24, 2.45) is 5.14 Å². The number of primary sulfonamides is 1. The SMILES string of the molecule is NS(=O)(=O)c1cccc(Cl)c1C(F)(F)F. The number of benzene rings is 1. The summed E-state index contributed by atoms with van der Waals surface area (Å²) < 4.78 is 59.0. The summed E-state index contributed by atoms with van der Waals surface area (Å²) >= 11 is 5.28. The number of rotatable bonds is 1. The molecule has 0 spiro atoms. The van der Waals surface area contributed by atoms with Gasteiger partial charge in [0.05, 0.1) is 15.5 Å². The molecule has 0 amide bonds. The van der Waals surface area contributed by atoms with E-state index in [0.717, 1.165) is 18.2 Å². The summed E-state index contributed by atoms with van der Waals surface area (Å²) in [5, 5.41) is 3.94. The molecule has 84 valence electrons. The van der Waals surface area contributed by atoms with Crippen LogP contribution in [0.3, 0.4) is 0 Å². The molecule has 0 aliphatic heterocycles. The fourth-order valence-corrected chi connectivity index (χ4v) is 2.13. The third-order valence-corrected chi connectivity index (χ3v) is 2.83. The summed E-state index contributed by atoms with van der Waals surface area (Å²) in [6.07, 6.45) is -4.86. The van der Waals surface area contributed by atoms with E-state index >= 15 is 0 Å². The van der Waals surface area contributed by atoms with Crippen molar-refractivity contribution in [3.8, 4) is 0 Å². The normalized spacial score (nSPS) is 12.9. The summed E-state index contributed by atoms with van der Waals surface area (Å²) in [6, 6.07) is 2.78. The molecule has 1 rings (SSSR count). The van der Waals surface area contributed by atoms with Gasteiger partial charge in [0.2, 0.25) is 10.0 Å². The highest BCUT2D eigenvalue weighted by molar-refractivity contribution is 7.89. The van der Waals surface area contributed by atoms with E-state index in [0.29, 0.717) is 0 Å². The third kappa shape index (κ3) is 2.61. The van der Waals surface area contributed by atoms with Gasteiger partial charge in [-0.1, -0.05) is 17.7 Å². The standard InChI is InChI=1S/C7H5ClF3NO2S/c8-4-2-1-3-5(15(12,13)14)6(4)7(9,10)11/h1-3H,(H2,12,13,14). The van der Waals surface area contributed by atoms with E-state index < -0.39 is 31.7 Å². The first-order valence-electron chi connectivity index (χ1n) is 3.52. The van der Waals surface area contributed by atoms with Crippen LogP contribution < -0.4 is 5.14 Å². The van der Waals surface area contributed by atoms with E-state index in [-0.39, 0.29) is 0 Å². The molecule has 0 atom stereocenters. The Labute approximate surface area is 88.7 Å². The molecule has 8 heteroatoms. The molecule has 0 aliphatic carbocycles. The minimum Gasteiger partial charge on any atom is -0.225 e. The molecule has 0 saturated carbocycles. The molecule has 0 unspecified atom stereocenters. The molecule has 15 heavy (non-hydrogen) atoms. The van der Waals surface area contributed by atoms with Crippen LogP contribution >= 0.6 is 11.6 Å². The second-order valence-corrected chi connectivity index (χ2v) is 4.59. The summed E-state index contributed by atoms with van der Waals surface area (Å²) in [4.78, 5) is -1.03. The number of hydrogen-bond acceptors (Lipinski definition) is 2. The number of halogens is 4. The molecule has 0 radical (unpaired) electrons. The lowest BCUT2D eigenvalue weighted by Crippen LogP contribution is -2.19. The van der Waals surface area contributed by atoms with Crippen molar-refractivity contribution in [3.63, 3.8) is 0 Å². The van der Waals surface area contributed by atoms with Crippen molar-refractivity contribution in [1.82, 2.24) is 0 Å². The van der Waals surface area contributed by atoms with E-state index in [4.69, 9.17) is 11.6 Å². The molecular formula is C7H5ClF3NO2S. The van der Waals surface area contributed by atoms with Gasteiger partial charge in [-0.05, 0) is 12.1 Å². The second-order valence-electron chi connectivity index (χ2n) is 2.66. The molecular weight excluding hydrogens is 255 g/mol. The predicted octanol–water partition coefficient (Wildman–Crippen LogP) is 2.01. The lowest BCUT2D eigenvalue weighted by Gasteiger charge is -2.12. The Morgan fingerprint density at radius 1 is 1.27 bits per heavy atom. The first-order chi connectivity index (χ1) is 6.64. The van der Waals surface area contributed by atoms with Crippen molar-refractivity contribution >= 4 is 21.6 Å². The van der Waals surface area contributed by atoms with Crippen LogP contribution in [0.25, 0.3) is 0 Å².